The van der Waals surface area contributed by atoms with Gasteiger partial charge in [0, 0.05) is 17.0 Å². The highest BCUT2D eigenvalue weighted by atomic mass is 16.4. The molecule has 1 heterocycles. The number of hydrogen-bond acceptors (Lipinski definition) is 3. The minimum absolute atomic E-state index is 0.481. The molecule has 0 amide bonds. The van der Waals surface area contributed by atoms with Crippen molar-refractivity contribution in [2.75, 3.05) is 0 Å². The molecule has 2 N–H and O–H groups in total. The second-order valence-electron chi connectivity index (χ2n) is 4.00. The molecule has 0 aliphatic heterocycles. The summed E-state index contributed by atoms with van der Waals surface area (Å²) in [5, 5.41) is 21.3. The van der Waals surface area contributed by atoms with Gasteiger partial charge in [-0.05, 0) is 16.9 Å². The van der Waals surface area contributed by atoms with Crippen molar-refractivity contribution in [2.24, 2.45) is 0 Å². The average Bonchev–Trinajstić information content (AvgIpc) is 2.38. The fourth-order valence-corrected chi connectivity index (χ4v) is 2.05. The molecule has 0 unspecified atom stereocenters. The molecular formula is C13H10BNO2. The fourth-order valence-electron chi connectivity index (χ4n) is 2.05. The van der Waals surface area contributed by atoms with Crippen molar-refractivity contribution in [3.8, 4) is 0 Å². The second kappa shape index (κ2) is 3.84. The maximum absolute atomic E-state index is 9.13. The quantitative estimate of drug-likeness (QED) is 0.479. The van der Waals surface area contributed by atoms with Gasteiger partial charge in [-0.3, -0.25) is 4.98 Å². The van der Waals surface area contributed by atoms with Crippen LogP contribution < -0.4 is 5.46 Å². The van der Waals surface area contributed by atoms with Crippen molar-refractivity contribution in [1.29, 1.82) is 0 Å². The Labute approximate surface area is 98.5 Å². The Hall–Kier alpha value is -1.91. The minimum atomic E-state index is -1.44. The molecule has 82 valence electrons. The molecule has 0 saturated carbocycles. The highest BCUT2D eigenvalue weighted by molar-refractivity contribution is 6.59. The van der Waals surface area contributed by atoms with Crippen LogP contribution in [0, 0.1) is 0 Å². The van der Waals surface area contributed by atoms with Crippen molar-refractivity contribution in [1.82, 2.24) is 4.98 Å². The molecule has 0 bridgehead atoms. The molecule has 3 nitrogen and oxygen atoms in total. The Kier molecular flexibility index (Phi) is 2.32. The van der Waals surface area contributed by atoms with E-state index in [2.05, 4.69) is 4.98 Å². The van der Waals surface area contributed by atoms with E-state index in [0.717, 1.165) is 21.7 Å². The predicted molar refractivity (Wildman–Crippen MR) is 69.1 cm³/mol. The van der Waals surface area contributed by atoms with Gasteiger partial charge >= 0.3 is 7.12 Å². The smallest absolute Gasteiger partial charge is 0.423 e. The third-order valence-corrected chi connectivity index (χ3v) is 2.91. The lowest BCUT2D eigenvalue weighted by atomic mass is 9.79. The molecule has 17 heavy (non-hydrogen) atoms. The first-order valence-corrected chi connectivity index (χ1v) is 5.39. The molecule has 0 saturated heterocycles. The number of benzene rings is 2. The Balaban J connectivity index is 2.37. The number of aromatic nitrogens is 1. The van der Waals surface area contributed by atoms with E-state index in [1.165, 1.54) is 0 Å². The molecule has 0 fully saturated rings. The SMILES string of the molecule is OB(O)c1ccc2c(cnc3ccccc32)c1. The van der Waals surface area contributed by atoms with E-state index >= 15 is 0 Å². The summed E-state index contributed by atoms with van der Waals surface area (Å²) in [6.07, 6.45) is 1.75. The molecule has 3 aromatic rings. The summed E-state index contributed by atoms with van der Waals surface area (Å²) in [6, 6.07) is 13.3. The number of rotatable bonds is 1. The lowest BCUT2D eigenvalue weighted by Gasteiger charge is -2.05. The molecular weight excluding hydrogens is 213 g/mol. The summed E-state index contributed by atoms with van der Waals surface area (Å²) in [5.74, 6) is 0. The van der Waals surface area contributed by atoms with Gasteiger partial charge in [0.15, 0.2) is 0 Å². The first-order valence-electron chi connectivity index (χ1n) is 5.39. The number of hydrogen-bond donors (Lipinski definition) is 2. The molecule has 4 heteroatoms. The maximum atomic E-state index is 9.13. The molecule has 0 aliphatic rings. The van der Waals surface area contributed by atoms with Crippen molar-refractivity contribution >= 4 is 34.3 Å². The van der Waals surface area contributed by atoms with Crippen molar-refractivity contribution in [3.05, 3.63) is 48.7 Å². The van der Waals surface area contributed by atoms with Gasteiger partial charge in [-0.2, -0.15) is 0 Å². The number of para-hydroxylation sites is 1. The van der Waals surface area contributed by atoms with Crippen LogP contribution in [-0.4, -0.2) is 22.2 Å². The van der Waals surface area contributed by atoms with E-state index in [9.17, 15) is 0 Å². The average molecular weight is 223 g/mol. The lowest BCUT2D eigenvalue weighted by Crippen LogP contribution is -2.29. The third-order valence-electron chi connectivity index (χ3n) is 2.91. The van der Waals surface area contributed by atoms with Crippen molar-refractivity contribution < 1.29 is 10.0 Å². The normalized spacial score (nSPS) is 10.9. The topological polar surface area (TPSA) is 53.4 Å². The van der Waals surface area contributed by atoms with Crippen LogP contribution in [0.2, 0.25) is 0 Å². The highest BCUT2D eigenvalue weighted by Gasteiger charge is 2.11. The second-order valence-corrected chi connectivity index (χ2v) is 4.00. The molecule has 0 spiro atoms. The minimum Gasteiger partial charge on any atom is -0.423 e. The molecule has 0 atom stereocenters. The van der Waals surface area contributed by atoms with Gasteiger partial charge in [0.2, 0.25) is 0 Å². The maximum Gasteiger partial charge on any atom is 0.488 e. The summed E-state index contributed by atoms with van der Waals surface area (Å²) in [6.45, 7) is 0. The summed E-state index contributed by atoms with van der Waals surface area (Å²) in [7, 11) is -1.44. The Morgan fingerprint density at radius 2 is 1.76 bits per heavy atom. The Morgan fingerprint density at radius 1 is 0.941 bits per heavy atom. The summed E-state index contributed by atoms with van der Waals surface area (Å²) < 4.78 is 0. The molecule has 0 aliphatic carbocycles. The monoisotopic (exact) mass is 223 g/mol. The molecule has 1 aromatic heterocycles. The van der Waals surface area contributed by atoms with Crippen LogP contribution in [-0.2, 0) is 0 Å². The lowest BCUT2D eigenvalue weighted by molar-refractivity contribution is 0.426. The number of fused-ring (bicyclic) bond motifs is 3. The third kappa shape index (κ3) is 1.67. The van der Waals surface area contributed by atoms with E-state index in [1.54, 1.807) is 18.3 Å². The Bertz CT molecular complexity index is 697. The van der Waals surface area contributed by atoms with E-state index in [4.69, 9.17) is 10.0 Å². The van der Waals surface area contributed by atoms with Gasteiger partial charge in [-0.1, -0.05) is 36.4 Å². The van der Waals surface area contributed by atoms with Crippen LogP contribution in [0.25, 0.3) is 21.7 Å². The van der Waals surface area contributed by atoms with E-state index in [1.807, 2.05) is 30.3 Å². The van der Waals surface area contributed by atoms with Crippen LogP contribution in [0.4, 0.5) is 0 Å². The van der Waals surface area contributed by atoms with Crippen LogP contribution in [0.3, 0.4) is 0 Å². The zero-order valence-electron chi connectivity index (χ0n) is 9.04. The molecule has 3 rings (SSSR count). The zero-order valence-corrected chi connectivity index (χ0v) is 9.04. The summed E-state index contributed by atoms with van der Waals surface area (Å²) in [4.78, 5) is 4.35. The number of nitrogens with zero attached hydrogens (tertiary/aromatic N) is 1. The van der Waals surface area contributed by atoms with Crippen LogP contribution in [0.15, 0.2) is 48.7 Å². The van der Waals surface area contributed by atoms with Crippen molar-refractivity contribution in [3.63, 3.8) is 0 Å². The van der Waals surface area contributed by atoms with Gasteiger partial charge in [-0.15, -0.1) is 0 Å². The Morgan fingerprint density at radius 3 is 2.59 bits per heavy atom. The fraction of sp³-hybridized carbons (Fsp3) is 0. The van der Waals surface area contributed by atoms with Crippen LogP contribution in [0.5, 0.6) is 0 Å². The van der Waals surface area contributed by atoms with E-state index < -0.39 is 7.12 Å². The first kappa shape index (κ1) is 10.3. The zero-order chi connectivity index (χ0) is 11.8. The molecule has 0 radical (unpaired) electrons. The van der Waals surface area contributed by atoms with E-state index in [-0.39, 0.29) is 0 Å². The van der Waals surface area contributed by atoms with Gasteiger partial charge in [0.05, 0.1) is 5.52 Å². The summed E-state index contributed by atoms with van der Waals surface area (Å²) >= 11 is 0. The van der Waals surface area contributed by atoms with Gasteiger partial charge < -0.3 is 10.0 Å². The van der Waals surface area contributed by atoms with Gasteiger partial charge in [0.25, 0.3) is 0 Å². The van der Waals surface area contributed by atoms with E-state index in [0.29, 0.717) is 5.46 Å². The van der Waals surface area contributed by atoms with Crippen LogP contribution in [0.1, 0.15) is 0 Å². The standard InChI is InChI=1S/C13H10BNO2/c16-14(17)10-5-6-11-9(7-10)8-15-13-4-2-1-3-12(11)13/h1-8,16-17H. The predicted octanol–water partition coefficient (Wildman–Crippen LogP) is 1.07. The number of pyridine rings is 1. The van der Waals surface area contributed by atoms with Gasteiger partial charge in [-0.25, -0.2) is 0 Å². The summed E-state index contributed by atoms with van der Waals surface area (Å²) in [5.41, 5.74) is 1.42. The molecule has 2 aromatic carbocycles. The highest BCUT2D eigenvalue weighted by Crippen LogP contribution is 2.22. The van der Waals surface area contributed by atoms with Crippen LogP contribution >= 0.6 is 0 Å². The van der Waals surface area contributed by atoms with Gasteiger partial charge in [0.1, 0.15) is 0 Å². The largest absolute Gasteiger partial charge is 0.488 e. The van der Waals surface area contributed by atoms with Crippen molar-refractivity contribution in [2.45, 2.75) is 0 Å². The first-order chi connectivity index (χ1) is 8.25.